The molecule has 2 aromatic rings. The van der Waals surface area contributed by atoms with Gasteiger partial charge in [0.25, 0.3) is 5.91 Å². The molecule has 1 aliphatic rings. The van der Waals surface area contributed by atoms with Crippen LogP contribution in [0.4, 0.5) is 10.5 Å². The molecule has 1 saturated heterocycles. The molecule has 1 aliphatic heterocycles. The molecular formula is C21H25N3O3. The van der Waals surface area contributed by atoms with Gasteiger partial charge >= 0.3 is 6.03 Å². The number of ether oxygens (including phenoxy) is 1. The number of hydrogen-bond donors (Lipinski definition) is 1. The largest absolute Gasteiger partial charge is 0.492 e. The number of aryl methyl sites for hydroxylation is 2. The maximum Gasteiger partial charge on any atom is 0.321 e. The van der Waals surface area contributed by atoms with E-state index in [0.29, 0.717) is 31.8 Å². The Balaban J connectivity index is 1.54. The van der Waals surface area contributed by atoms with Crippen LogP contribution in [0.1, 0.15) is 21.5 Å². The summed E-state index contributed by atoms with van der Waals surface area (Å²) in [6.45, 7) is 6.26. The van der Waals surface area contributed by atoms with Gasteiger partial charge in [0.2, 0.25) is 0 Å². The summed E-state index contributed by atoms with van der Waals surface area (Å²) in [6, 6.07) is 13.1. The first kappa shape index (κ1) is 18.8. The number of nitrogens with one attached hydrogen (secondary N) is 1. The first-order chi connectivity index (χ1) is 12.9. The number of hydrogen-bond acceptors (Lipinski definition) is 3. The number of amides is 3. The van der Waals surface area contributed by atoms with E-state index in [1.165, 1.54) is 0 Å². The summed E-state index contributed by atoms with van der Waals surface area (Å²) < 4.78 is 5.78. The molecular weight excluding hydrogens is 342 g/mol. The van der Waals surface area contributed by atoms with Crippen molar-refractivity contribution in [2.45, 2.75) is 13.8 Å². The number of urea groups is 1. The van der Waals surface area contributed by atoms with Crippen LogP contribution in [0, 0.1) is 13.8 Å². The summed E-state index contributed by atoms with van der Waals surface area (Å²) in [4.78, 5) is 27.6. The zero-order chi connectivity index (χ0) is 19.4. The lowest BCUT2D eigenvalue weighted by Crippen LogP contribution is -2.31. The first-order valence-corrected chi connectivity index (χ1v) is 9.06. The molecule has 1 N–H and O–H groups in total. The molecule has 0 unspecified atom stereocenters. The van der Waals surface area contributed by atoms with Gasteiger partial charge in [-0.3, -0.25) is 9.69 Å². The van der Waals surface area contributed by atoms with E-state index in [4.69, 9.17) is 4.74 Å². The standard InChI is InChI=1S/C21H25N3O3/c1-15-12-16(2)14-19(13-15)27-11-10-23(3)20(25)17-4-6-18(7-5-17)24-9-8-22-21(24)26/h4-7,12-14H,8-11H2,1-3H3,(H,22,26). The molecule has 2 aromatic carbocycles. The number of nitrogens with zero attached hydrogens (tertiary/aromatic N) is 2. The van der Waals surface area contributed by atoms with Gasteiger partial charge in [-0.2, -0.15) is 0 Å². The van der Waals surface area contributed by atoms with E-state index in [2.05, 4.69) is 11.4 Å². The number of rotatable bonds is 6. The number of likely N-dealkylation sites (N-methyl/N-ethyl adjacent to an activating group) is 1. The fourth-order valence-electron chi connectivity index (χ4n) is 3.14. The lowest BCUT2D eigenvalue weighted by molar-refractivity contribution is 0.0773. The average molecular weight is 367 g/mol. The Morgan fingerprint density at radius 3 is 2.41 bits per heavy atom. The minimum absolute atomic E-state index is 0.0727. The lowest BCUT2D eigenvalue weighted by Gasteiger charge is -2.19. The van der Waals surface area contributed by atoms with Crippen LogP contribution in [0.25, 0.3) is 0 Å². The van der Waals surface area contributed by atoms with Gasteiger partial charge < -0.3 is 15.0 Å². The van der Waals surface area contributed by atoms with Crippen molar-refractivity contribution in [3.05, 3.63) is 59.2 Å². The first-order valence-electron chi connectivity index (χ1n) is 9.06. The highest BCUT2D eigenvalue weighted by atomic mass is 16.5. The second-order valence-electron chi connectivity index (χ2n) is 6.83. The predicted octanol–water partition coefficient (Wildman–Crippen LogP) is 2.98. The summed E-state index contributed by atoms with van der Waals surface area (Å²) in [5, 5.41) is 2.77. The normalized spacial score (nSPS) is 13.4. The van der Waals surface area contributed by atoms with Gasteiger partial charge in [0, 0.05) is 31.4 Å². The summed E-state index contributed by atoms with van der Waals surface area (Å²) in [5.41, 5.74) is 3.69. The lowest BCUT2D eigenvalue weighted by atomic mass is 10.1. The summed E-state index contributed by atoms with van der Waals surface area (Å²) in [7, 11) is 1.76. The zero-order valence-electron chi connectivity index (χ0n) is 16.0. The molecule has 0 atom stereocenters. The van der Waals surface area contributed by atoms with Crippen LogP contribution in [0.15, 0.2) is 42.5 Å². The second-order valence-corrected chi connectivity index (χ2v) is 6.83. The highest BCUT2D eigenvalue weighted by Gasteiger charge is 2.21. The molecule has 1 heterocycles. The smallest absolute Gasteiger partial charge is 0.321 e. The molecule has 0 saturated carbocycles. The maximum absolute atomic E-state index is 12.6. The van der Waals surface area contributed by atoms with Crippen LogP contribution in [-0.4, -0.2) is 50.1 Å². The van der Waals surface area contributed by atoms with Crippen molar-refractivity contribution < 1.29 is 14.3 Å². The molecule has 0 aromatic heterocycles. The summed E-state index contributed by atoms with van der Waals surface area (Å²) >= 11 is 0. The van der Waals surface area contributed by atoms with Gasteiger partial charge in [-0.15, -0.1) is 0 Å². The van der Waals surface area contributed by atoms with E-state index in [9.17, 15) is 9.59 Å². The topological polar surface area (TPSA) is 61.9 Å². The van der Waals surface area contributed by atoms with Crippen molar-refractivity contribution in [1.29, 1.82) is 0 Å². The van der Waals surface area contributed by atoms with E-state index in [1.54, 1.807) is 41.1 Å². The van der Waals surface area contributed by atoms with Crippen LogP contribution < -0.4 is 15.0 Å². The maximum atomic E-state index is 12.6. The molecule has 142 valence electrons. The third-order valence-corrected chi connectivity index (χ3v) is 4.52. The van der Waals surface area contributed by atoms with E-state index in [1.807, 2.05) is 26.0 Å². The van der Waals surface area contributed by atoms with Crippen molar-refractivity contribution in [2.75, 3.05) is 38.2 Å². The Kier molecular flexibility index (Phi) is 5.64. The fourth-order valence-corrected chi connectivity index (χ4v) is 3.14. The fraction of sp³-hybridized carbons (Fsp3) is 0.333. The number of anilines is 1. The van der Waals surface area contributed by atoms with E-state index >= 15 is 0 Å². The van der Waals surface area contributed by atoms with Gasteiger partial charge in [0.1, 0.15) is 12.4 Å². The van der Waals surface area contributed by atoms with Gasteiger partial charge in [-0.1, -0.05) is 6.07 Å². The highest BCUT2D eigenvalue weighted by molar-refractivity contribution is 5.96. The van der Waals surface area contributed by atoms with Gasteiger partial charge in [0.15, 0.2) is 0 Å². The Morgan fingerprint density at radius 2 is 1.81 bits per heavy atom. The minimum atomic E-state index is -0.102. The Labute approximate surface area is 159 Å². The van der Waals surface area contributed by atoms with E-state index < -0.39 is 0 Å². The number of carbonyl (C=O) groups excluding carboxylic acids is 2. The molecule has 0 aliphatic carbocycles. The minimum Gasteiger partial charge on any atom is -0.492 e. The third-order valence-electron chi connectivity index (χ3n) is 4.52. The molecule has 6 nitrogen and oxygen atoms in total. The SMILES string of the molecule is Cc1cc(C)cc(OCCN(C)C(=O)c2ccc(N3CCNC3=O)cc2)c1. The Bertz CT molecular complexity index is 813. The number of benzene rings is 2. The van der Waals surface area contributed by atoms with Crippen LogP contribution >= 0.6 is 0 Å². The molecule has 0 radical (unpaired) electrons. The van der Waals surface area contributed by atoms with Gasteiger partial charge in [-0.05, 0) is 61.4 Å². The Morgan fingerprint density at radius 1 is 1.15 bits per heavy atom. The van der Waals surface area contributed by atoms with Crippen LogP contribution in [0.3, 0.4) is 0 Å². The highest BCUT2D eigenvalue weighted by Crippen LogP contribution is 2.18. The monoisotopic (exact) mass is 367 g/mol. The van der Waals surface area contributed by atoms with Crippen molar-refractivity contribution in [1.82, 2.24) is 10.2 Å². The molecule has 27 heavy (non-hydrogen) atoms. The Hall–Kier alpha value is -3.02. The van der Waals surface area contributed by atoms with Crippen molar-refractivity contribution in [3.63, 3.8) is 0 Å². The third kappa shape index (κ3) is 4.58. The average Bonchev–Trinajstić information content (AvgIpc) is 3.06. The van der Waals surface area contributed by atoms with Gasteiger partial charge in [0.05, 0.1) is 6.54 Å². The second kappa shape index (κ2) is 8.12. The number of carbonyl (C=O) groups is 2. The molecule has 1 fully saturated rings. The molecule has 3 amide bonds. The van der Waals surface area contributed by atoms with Crippen LogP contribution in [0.5, 0.6) is 5.75 Å². The van der Waals surface area contributed by atoms with Gasteiger partial charge in [-0.25, -0.2) is 4.79 Å². The van der Waals surface area contributed by atoms with Crippen molar-refractivity contribution in [2.24, 2.45) is 0 Å². The quantitative estimate of drug-likeness (QED) is 0.854. The summed E-state index contributed by atoms with van der Waals surface area (Å²) in [6.07, 6.45) is 0. The van der Waals surface area contributed by atoms with E-state index in [0.717, 1.165) is 22.6 Å². The summed E-state index contributed by atoms with van der Waals surface area (Å²) in [5.74, 6) is 0.748. The molecule has 3 rings (SSSR count). The van der Waals surface area contributed by atoms with Crippen molar-refractivity contribution in [3.8, 4) is 5.75 Å². The molecule has 0 spiro atoms. The van der Waals surface area contributed by atoms with E-state index in [-0.39, 0.29) is 11.9 Å². The van der Waals surface area contributed by atoms with Crippen LogP contribution in [0.2, 0.25) is 0 Å². The van der Waals surface area contributed by atoms with Crippen LogP contribution in [-0.2, 0) is 0 Å². The molecule has 6 heteroatoms. The zero-order valence-corrected chi connectivity index (χ0v) is 16.0. The van der Waals surface area contributed by atoms with Crippen molar-refractivity contribution >= 4 is 17.6 Å². The predicted molar refractivity (Wildman–Crippen MR) is 106 cm³/mol. The molecule has 0 bridgehead atoms.